The minimum absolute atomic E-state index is 0.240. The van der Waals surface area contributed by atoms with E-state index in [2.05, 4.69) is 21.8 Å². The molecule has 0 spiro atoms. The van der Waals surface area contributed by atoms with Crippen LogP contribution in [0.25, 0.3) is 11.0 Å². The van der Waals surface area contributed by atoms with E-state index in [4.69, 9.17) is 4.74 Å². The van der Waals surface area contributed by atoms with Gasteiger partial charge in [-0.3, -0.25) is 4.79 Å². The molecule has 1 amide bonds. The van der Waals surface area contributed by atoms with Gasteiger partial charge in [0, 0.05) is 35.8 Å². The Morgan fingerprint density at radius 3 is 2.70 bits per heavy atom. The molecule has 3 aromatic rings. The number of aromatic nitrogens is 2. The van der Waals surface area contributed by atoms with Crippen LogP contribution in [-0.2, 0) is 4.79 Å². The van der Waals surface area contributed by atoms with Crippen LogP contribution >= 0.6 is 11.3 Å². The third kappa shape index (κ3) is 4.26. The van der Waals surface area contributed by atoms with Gasteiger partial charge in [0.1, 0.15) is 11.0 Å². The van der Waals surface area contributed by atoms with Crippen LogP contribution in [0.4, 0.5) is 0 Å². The number of amides is 1. The maximum atomic E-state index is 11.7. The van der Waals surface area contributed by atoms with Gasteiger partial charge < -0.3 is 9.64 Å². The molecule has 2 aromatic heterocycles. The van der Waals surface area contributed by atoms with Gasteiger partial charge in [-0.25, -0.2) is 9.97 Å². The number of carbonyl (C=O) groups excluding carboxylic acids is 1. The van der Waals surface area contributed by atoms with Crippen molar-refractivity contribution in [3.63, 3.8) is 0 Å². The summed E-state index contributed by atoms with van der Waals surface area (Å²) in [5, 5.41) is 3.91. The Bertz CT molecular complexity index is 1000. The van der Waals surface area contributed by atoms with Crippen molar-refractivity contribution in [2.45, 2.75) is 19.3 Å². The zero-order chi connectivity index (χ0) is 18.5. The van der Waals surface area contributed by atoms with Crippen LogP contribution in [0.1, 0.15) is 30.5 Å². The molecule has 1 fully saturated rings. The van der Waals surface area contributed by atoms with Crippen LogP contribution in [-0.4, -0.2) is 40.5 Å². The standard InChI is InChI=1S/C21H19N3O2S/c25-20-8-4-11-24(20)12-5-13-26-21-17(10-9-16-6-2-1-3-7-16)22-18-14-27-15-19(18)23-21/h1-3,6-7,14-15H,4-5,8,11-13H2. The van der Waals surface area contributed by atoms with Crippen LogP contribution in [0.15, 0.2) is 41.1 Å². The van der Waals surface area contributed by atoms with Gasteiger partial charge in [0.25, 0.3) is 0 Å². The van der Waals surface area contributed by atoms with E-state index in [1.54, 1.807) is 11.3 Å². The lowest BCUT2D eigenvalue weighted by Gasteiger charge is -2.15. The highest BCUT2D eigenvalue weighted by Crippen LogP contribution is 2.21. The lowest BCUT2D eigenvalue weighted by molar-refractivity contribution is -0.127. The average molecular weight is 377 g/mol. The molecule has 6 heteroatoms. The highest BCUT2D eigenvalue weighted by atomic mass is 32.1. The van der Waals surface area contributed by atoms with Gasteiger partial charge in [0.05, 0.1) is 6.61 Å². The summed E-state index contributed by atoms with van der Waals surface area (Å²) in [4.78, 5) is 22.7. The molecule has 0 atom stereocenters. The van der Waals surface area contributed by atoms with Crippen molar-refractivity contribution in [3.8, 4) is 17.7 Å². The summed E-state index contributed by atoms with van der Waals surface area (Å²) in [6.07, 6.45) is 2.39. The van der Waals surface area contributed by atoms with Gasteiger partial charge in [-0.15, -0.1) is 11.3 Å². The Hall–Kier alpha value is -2.91. The van der Waals surface area contributed by atoms with Crippen molar-refractivity contribution >= 4 is 28.3 Å². The normalized spacial score (nSPS) is 13.6. The van der Waals surface area contributed by atoms with Gasteiger partial charge in [-0.05, 0) is 30.9 Å². The van der Waals surface area contributed by atoms with E-state index in [1.165, 1.54) is 0 Å². The third-order valence-electron chi connectivity index (χ3n) is 4.36. The Morgan fingerprint density at radius 1 is 1.11 bits per heavy atom. The summed E-state index contributed by atoms with van der Waals surface area (Å²) in [5.41, 5.74) is 3.10. The first-order valence-corrected chi connectivity index (χ1v) is 9.95. The summed E-state index contributed by atoms with van der Waals surface area (Å²) in [7, 11) is 0. The Morgan fingerprint density at radius 2 is 1.93 bits per heavy atom. The fourth-order valence-corrected chi connectivity index (χ4v) is 3.65. The number of fused-ring (bicyclic) bond motifs is 1. The van der Waals surface area contributed by atoms with E-state index in [-0.39, 0.29) is 5.91 Å². The molecule has 5 nitrogen and oxygen atoms in total. The molecule has 3 heterocycles. The SMILES string of the molecule is O=C1CCCN1CCCOc1nc2cscc2nc1C#Cc1ccccc1. The van der Waals surface area contributed by atoms with Crippen LogP contribution in [0.3, 0.4) is 0 Å². The first kappa shape index (κ1) is 17.5. The summed E-state index contributed by atoms with van der Waals surface area (Å²) in [6.45, 7) is 2.05. The molecule has 0 saturated carbocycles. The van der Waals surface area contributed by atoms with Gasteiger partial charge >= 0.3 is 0 Å². The van der Waals surface area contributed by atoms with Gasteiger partial charge in [-0.2, -0.15) is 0 Å². The first-order chi connectivity index (χ1) is 13.3. The Labute approximate surface area is 162 Å². The number of hydrogen-bond donors (Lipinski definition) is 0. The van der Waals surface area contributed by atoms with E-state index in [9.17, 15) is 4.79 Å². The predicted molar refractivity (Wildman–Crippen MR) is 106 cm³/mol. The fourth-order valence-electron chi connectivity index (χ4n) is 2.98. The molecule has 1 aromatic carbocycles. The molecule has 0 N–H and O–H groups in total. The molecular formula is C21H19N3O2S. The van der Waals surface area contributed by atoms with Crippen molar-refractivity contribution in [1.29, 1.82) is 0 Å². The lowest BCUT2D eigenvalue weighted by atomic mass is 10.2. The zero-order valence-electron chi connectivity index (χ0n) is 14.9. The van der Waals surface area contributed by atoms with E-state index < -0.39 is 0 Å². The number of likely N-dealkylation sites (tertiary alicyclic amines) is 1. The van der Waals surface area contributed by atoms with Crippen LogP contribution < -0.4 is 4.74 Å². The molecule has 1 saturated heterocycles. The van der Waals surface area contributed by atoms with Crippen molar-refractivity contribution in [2.24, 2.45) is 0 Å². The molecule has 136 valence electrons. The minimum Gasteiger partial charge on any atom is -0.476 e. The quantitative estimate of drug-likeness (QED) is 0.505. The van der Waals surface area contributed by atoms with Crippen molar-refractivity contribution < 1.29 is 9.53 Å². The molecule has 1 aliphatic heterocycles. The van der Waals surface area contributed by atoms with E-state index in [1.807, 2.05) is 46.0 Å². The molecule has 1 aliphatic rings. The van der Waals surface area contributed by atoms with Gasteiger partial charge in [0.15, 0.2) is 5.69 Å². The zero-order valence-corrected chi connectivity index (χ0v) is 15.7. The lowest BCUT2D eigenvalue weighted by Crippen LogP contribution is -2.26. The topological polar surface area (TPSA) is 55.3 Å². The van der Waals surface area contributed by atoms with Crippen molar-refractivity contribution in [1.82, 2.24) is 14.9 Å². The molecular weight excluding hydrogens is 358 g/mol. The molecule has 0 bridgehead atoms. The maximum Gasteiger partial charge on any atom is 0.249 e. The summed E-state index contributed by atoms with van der Waals surface area (Å²) in [5.74, 6) is 6.90. The van der Waals surface area contributed by atoms with E-state index >= 15 is 0 Å². The summed E-state index contributed by atoms with van der Waals surface area (Å²) in [6, 6.07) is 9.78. The second kappa shape index (κ2) is 8.19. The molecule has 0 unspecified atom stereocenters. The maximum absolute atomic E-state index is 11.7. The predicted octanol–water partition coefficient (Wildman–Crippen LogP) is 3.48. The second-order valence-electron chi connectivity index (χ2n) is 6.32. The summed E-state index contributed by atoms with van der Waals surface area (Å²) >= 11 is 1.56. The Kier molecular flexibility index (Phi) is 5.31. The third-order valence-corrected chi connectivity index (χ3v) is 5.08. The average Bonchev–Trinajstić information content (AvgIpc) is 3.32. The van der Waals surface area contributed by atoms with Crippen molar-refractivity contribution in [2.75, 3.05) is 19.7 Å². The molecule has 4 rings (SSSR count). The molecule has 0 radical (unpaired) electrons. The number of nitrogens with zero attached hydrogens (tertiary/aromatic N) is 3. The molecule has 27 heavy (non-hydrogen) atoms. The largest absolute Gasteiger partial charge is 0.476 e. The van der Waals surface area contributed by atoms with Crippen LogP contribution in [0.5, 0.6) is 5.88 Å². The number of carbonyl (C=O) groups is 1. The smallest absolute Gasteiger partial charge is 0.249 e. The van der Waals surface area contributed by atoms with Gasteiger partial charge in [-0.1, -0.05) is 24.1 Å². The van der Waals surface area contributed by atoms with E-state index in [0.29, 0.717) is 24.6 Å². The monoisotopic (exact) mass is 377 g/mol. The number of rotatable bonds is 5. The van der Waals surface area contributed by atoms with E-state index in [0.717, 1.165) is 42.5 Å². The Balaban J connectivity index is 1.48. The second-order valence-corrected chi connectivity index (χ2v) is 7.07. The van der Waals surface area contributed by atoms with Gasteiger partial charge in [0.2, 0.25) is 11.8 Å². The number of thiophene rings is 1. The number of ether oxygens (including phenoxy) is 1. The highest BCUT2D eigenvalue weighted by molar-refractivity contribution is 7.09. The fraction of sp³-hybridized carbons (Fsp3) is 0.286. The van der Waals surface area contributed by atoms with Crippen molar-refractivity contribution in [3.05, 3.63) is 52.3 Å². The minimum atomic E-state index is 0.240. The highest BCUT2D eigenvalue weighted by Gasteiger charge is 2.19. The number of benzene rings is 1. The number of hydrogen-bond acceptors (Lipinski definition) is 5. The summed E-state index contributed by atoms with van der Waals surface area (Å²) < 4.78 is 5.89. The van der Waals surface area contributed by atoms with Crippen LogP contribution in [0, 0.1) is 11.8 Å². The van der Waals surface area contributed by atoms with Crippen LogP contribution in [0.2, 0.25) is 0 Å². The first-order valence-electron chi connectivity index (χ1n) is 9.01. The molecule has 0 aliphatic carbocycles.